The number of fused-ring (bicyclic) bond motifs is 3. The molecule has 1 N–H and O–H groups in total. The van der Waals surface area contributed by atoms with E-state index in [0.717, 1.165) is 27.5 Å². The van der Waals surface area contributed by atoms with E-state index >= 15 is 0 Å². The zero-order valence-corrected chi connectivity index (χ0v) is 10.0. The van der Waals surface area contributed by atoms with Crippen molar-refractivity contribution in [3.8, 4) is 0 Å². The molecular formula is C13H11N3O2. The molecule has 0 unspecified atom stereocenters. The maximum Gasteiger partial charge on any atom is 0.288 e. The molecule has 0 atom stereocenters. The molecule has 0 saturated heterocycles. The third kappa shape index (κ3) is 1.37. The van der Waals surface area contributed by atoms with Crippen molar-refractivity contribution in [3.05, 3.63) is 45.8 Å². The van der Waals surface area contributed by atoms with Gasteiger partial charge in [-0.05, 0) is 25.5 Å². The number of H-pyrrole nitrogens is 1. The molecule has 0 aliphatic heterocycles. The topological polar surface area (TPSA) is 71.8 Å². The lowest BCUT2D eigenvalue weighted by Crippen LogP contribution is -1.90. The van der Waals surface area contributed by atoms with Gasteiger partial charge in [0.25, 0.3) is 5.69 Å². The average Bonchev–Trinajstić information content (AvgIpc) is 2.65. The molecule has 1 aromatic carbocycles. The van der Waals surface area contributed by atoms with Gasteiger partial charge in [0.1, 0.15) is 6.20 Å². The van der Waals surface area contributed by atoms with E-state index in [1.807, 2.05) is 26.0 Å². The smallest absolute Gasteiger partial charge is 0.288 e. The quantitative estimate of drug-likeness (QED) is 0.525. The Morgan fingerprint density at radius 2 is 2.06 bits per heavy atom. The Balaban J connectivity index is 2.47. The van der Waals surface area contributed by atoms with Gasteiger partial charge in [-0.3, -0.25) is 10.1 Å². The number of nitro groups is 1. The van der Waals surface area contributed by atoms with Crippen LogP contribution < -0.4 is 0 Å². The van der Waals surface area contributed by atoms with Crippen molar-refractivity contribution in [2.45, 2.75) is 13.8 Å². The summed E-state index contributed by atoms with van der Waals surface area (Å²) in [5, 5.41) is 12.7. The first-order chi connectivity index (χ1) is 8.58. The van der Waals surface area contributed by atoms with Crippen LogP contribution in [-0.4, -0.2) is 14.9 Å². The van der Waals surface area contributed by atoms with Crippen LogP contribution in [0.3, 0.4) is 0 Å². The first kappa shape index (κ1) is 10.7. The SMILES string of the molecule is Cc1[nH]c2c(ccc3ncc([N+](=O)[O-])cc32)c1C. The van der Waals surface area contributed by atoms with Crippen LogP contribution in [0.2, 0.25) is 0 Å². The monoisotopic (exact) mass is 241 g/mol. The van der Waals surface area contributed by atoms with Crippen molar-refractivity contribution in [2.24, 2.45) is 0 Å². The number of hydrogen-bond acceptors (Lipinski definition) is 3. The van der Waals surface area contributed by atoms with Gasteiger partial charge >= 0.3 is 0 Å². The van der Waals surface area contributed by atoms with Crippen molar-refractivity contribution < 1.29 is 4.92 Å². The lowest BCUT2D eigenvalue weighted by atomic mass is 10.1. The average molecular weight is 241 g/mol. The Morgan fingerprint density at radius 3 is 2.78 bits per heavy atom. The second kappa shape index (κ2) is 3.53. The highest BCUT2D eigenvalue weighted by Crippen LogP contribution is 2.29. The summed E-state index contributed by atoms with van der Waals surface area (Å²) in [6, 6.07) is 5.46. The number of aromatic nitrogens is 2. The summed E-state index contributed by atoms with van der Waals surface area (Å²) in [6.45, 7) is 4.02. The van der Waals surface area contributed by atoms with Gasteiger partial charge in [-0.25, -0.2) is 4.98 Å². The molecule has 2 aromatic heterocycles. The van der Waals surface area contributed by atoms with E-state index in [0.29, 0.717) is 0 Å². The molecule has 0 aliphatic carbocycles. The van der Waals surface area contributed by atoms with E-state index in [9.17, 15) is 10.1 Å². The molecule has 3 aromatic rings. The van der Waals surface area contributed by atoms with Crippen molar-refractivity contribution >= 4 is 27.5 Å². The Kier molecular flexibility index (Phi) is 2.10. The Bertz CT molecular complexity index is 790. The molecule has 0 bridgehead atoms. The predicted molar refractivity (Wildman–Crippen MR) is 69.7 cm³/mol. The molecule has 90 valence electrons. The zero-order valence-electron chi connectivity index (χ0n) is 10.0. The first-order valence-corrected chi connectivity index (χ1v) is 5.60. The summed E-state index contributed by atoms with van der Waals surface area (Å²) < 4.78 is 0. The number of aromatic amines is 1. The molecule has 0 fully saturated rings. The van der Waals surface area contributed by atoms with Crippen LogP contribution in [0.5, 0.6) is 0 Å². The predicted octanol–water partition coefficient (Wildman–Crippen LogP) is 3.24. The Morgan fingerprint density at radius 1 is 1.28 bits per heavy atom. The molecular weight excluding hydrogens is 230 g/mol. The summed E-state index contributed by atoms with van der Waals surface area (Å²) in [6.07, 6.45) is 1.29. The van der Waals surface area contributed by atoms with Gasteiger partial charge in [0.05, 0.1) is 16.0 Å². The van der Waals surface area contributed by atoms with Crippen LogP contribution in [0.15, 0.2) is 24.4 Å². The number of benzene rings is 1. The second-order valence-electron chi connectivity index (χ2n) is 4.38. The van der Waals surface area contributed by atoms with Crippen molar-refractivity contribution in [1.29, 1.82) is 0 Å². The molecule has 0 saturated carbocycles. The molecule has 0 aliphatic rings. The number of nitrogens with zero attached hydrogens (tertiary/aromatic N) is 2. The summed E-state index contributed by atoms with van der Waals surface area (Å²) in [5.41, 5.74) is 3.93. The number of nitrogens with one attached hydrogen (secondary N) is 1. The van der Waals surface area contributed by atoms with Crippen molar-refractivity contribution in [2.75, 3.05) is 0 Å². The molecule has 0 radical (unpaired) electrons. The van der Waals surface area contributed by atoms with E-state index < -0.39 is 4.92 Å². The summed E-state index contributed by atoms with van der Waals surface area (Å²) in [5.74, 6) is 0. The van der Waals surface area contributed by atoms with Crippen LogP contribution in [0.4, 0.5) is 5.69 Å². The summed E-state index contributed by atoms with van der Waals surface area (Å²) >= 11 is 0. The number of hydrogen-bond donors (Lipinski definition) is 1. The number of rotatable bonds is 1. The van der Waals surface area contributed by atoms with Crippen LogP contribution in [-0.2, 0) is 0 Å². The Hall–Kier alpha value is -2.43. The lowest BCUT2D eigenvalue weighted by molar-refractivity contribution is -0.385. The Labute approximate surface area is 103 Å². The molecule has 0 spiro atoms. The molecule has 3 rings (SSSR count). The second-order valence-corrected chi connectivity index (χ2v) is 4.38. The highest BCUT2D eigenvalue weighted by molar-refractivity contribution is 6.06. The van der Waals surface area contributed by atoms with Gasteiger partial charge in [0, 0.05) is 22.5 Å². The van der Waals surface area contributed by atoms with Crippen LogP contribution in [0.1, 0.15) is 11.3 Å². The minimum atomic E-state index is -0.423. The zero-order chi connectivity index (χ0) is 12.9. The minimum absolute atomic E-state index is 0.0138. The van der Waals surface area contributed by atoms with E-state index in [-0.39, 0.29) is 5.69 Å². The molecule has 18 heavy (non-hydrogen) atoms. The normalized spacial score (nSPS) is 11.2. The number of pyridine rings is 1. The van der Waals surface area contributed by atoms with E-state index in [2.05, 4.69) is 9.97 Å². The third-order valence-corrected chi connectivity index (χ3v) is 3.34. The summed E-state index contributed by atoms with van der Waals surface area (Å²) in [4.78, 5) is 17.8. The molecule has 0 amide bonds. The van der Waals surface area contributed by atoms with Crippen molar-refractivity contribution in [1.82, 2.24) is 9.97 Å². The third-order valence-electron chi connectivity index (χ3n) is 3.34. The first-order valence-electron chi connectivity index (χ1n) is 5.60. The highest BCUT2D eigenvalue weighted by Gasteiger charge is 2.12. The van der Waals surface area contributed by atoms with Gasteiger partial charge in [-0.15, -0.1) is 0 Å². The van der Waals surface area contributed by atoms with E-state index in [1.54, 1.807) is 6.07 Å². The fourth-order valence-electron chi connectivity index (χ4n) is 2.22. The maximum absolute atomic E-state index is 10.8. The molecule has 2 heterocycles. The fourth-order valence-corrected chi connectivity index (χ4v) is 2.22. The van der Waals surface area contributed by atoms with Crippen LogP contribution >= 0.6 is 0 Å². The standard InChI is InChI=1S/C13H11N3O2/c1-7-8(2)15-13-10(7)3-4-12-11(13)5-9(6-14-12)16(17)18/h3-6,15H,1-2H3. The highest BCUT2D eigenvalue weighted by atomic mass is 16.6. The van der Waals surface area contributed by atoms with Crippen LogP contribution in [0, 0.1) is 24.0 Å². The molecule has 5 heteroatoms. The molecule has 5 nitrogen and oxygen atoms in total. The van der Waals surface area contributed by atoms with E-state index in [4.69, 9.17) is 0 Å². The number of aryl methyl sites for hydroxylation is 2. The van der Waals surface area contributed by atoms with Crippen LogP contribution in [0.25, 0.3) is 21.8 Å². The van der Waals surface area contributed by atoms with Gasteiger partial charge in [0.2, 0.25) is 0 Å². The maximum atomic E-state index is 10.8. The summed E-state index contributed by atoms with van der Waals surface area (Å²) in [7, 11) is 0. The minimum Gasteiger partial charge on any atom is -0.358 e. The van der Waals surface area contributed by atoms with Gasteiger partial charge in [-0.2, -0.15) is 0 Å². The van der Waals surface area contributed by atoms with E-state index in [1.165, 1.54) is 11.8 Å². The fraction of sp³-hybridized carbons (Fsp3) is 0.154. The van der Waals surface area contributed by atoms with Crippen molar-refractivity contribution in [3.63, 3.8) is 0 Å². The van der Waals surface area contributed by atoms with Gasteiger partial charge in [0.15, 0.2) is 0 Å². The largest absolute Gasteiger partial charge is 0.358 e. The lowest BCUT2D eigenvalue weighted by Gasteiger charge is -1.99. The van der Waals surface area contributed by atoms with Gasteiger partial charge < -0.3 is 4.98 Å². The van der Waals surface area contributed by atoms with Gasteiger partial charge in [-0.1, -0.05) is 6.07 Å².